The molecule has 0 unspecified atom stereocenters. The molecule has 1 aromatic carbocycles. The quantitative estimate of drug-likeness (QED) is 0.817. The Morgan fingerprint density at radius 3 is 2.54 bits per heavy atom. The summed E-state index contributed by atoms with van der Waals surface area (Å²) in [5, 5.41) is 2.89. The van der Waals surface area contributed by atoms with Crippen LogP contribution in [0, 0.1) is 0 Å². The van der Waals surface area contributed by atoms with Gasteiger partial charge in [-0.1, -0.05) is 30.3 Å². The van der Waals surface area contributed by atoms with Crippen LogP contribution >= 0.6 is 0 Å². The lowest BCUT2D eigenvalue weighted by Gasteiger charge is -2.32. The van der Waals surface area contributed by atoms with Crippen LogP contribution in [0.15, 0.2) is 48.7 Å². The first-order valence-electron chi connectivity index (χ1n) is 9.12. The van der Waals surface area contributed by atoms with Gasteiger partial charge in [0.05, 0.1) is 0 Å². The van der Waals surface area contributed by atoms with E-state index in [1.165, 1.54) is 23.9 Å². The molecule has 150 valence electrons. The van der Waals surface area contributed by atoms with E-state index in [-0.39, 0.29) is 17.5 Å². The maximum Gasteiger partial charge on any atom is 0.422 e. The highest BCUT2D eigenvalue weighted by Gasteiger charge is 2.30. The minimum Gasteiger partial charge on any atom is -0.467 e. The molecule has 1 aliphatic heterocycles. The van der Waals surface area contributed by atoms with E-state index in [2.05, 4.69) is 27.3 Å². The number of amides is 1. The Hall–Kier alpha value is -2.61. The number of nitrogens with one attached hydrogen (secondary N) is 1. The van der Waals surface area contributed by atoms with Crippen LogP contribution in [-0.4, -0.2) is 47.7 Å². The second kappa shape index (κ2) is 9.05. The number of carbonyl (C=O) groups is 1. The van der Waals surface area contributed by atoms with Gasteiger partial charge in [0.15, 0.2) is 6.61 Å². The summed E-state index contributed by atoms with van der Waals surface area (Å²) in [6, 6.07) is 13.0. The van der Waals surface area contributed by atoms with Crippen LogP contribution in [0.25, 0.3) is 0 Å². The van der Waals surface area contributed by atoms with Gasteiger partial charge >= 0.3 is 6.18 Å². The molecule has 3 rings (SSSR count). The van der Waals surface area contributed by atoms with Crippen LogP contribution in [0.3, 0.4) is 0 Å². The Bertz CT molecular complexity index is 776. The molecule has 1 saturated heterocycles. The number of halogens is 3. The summed E-state index contributed by atoms with van der Waals surface area (Å²) >= 11 is 0. The Kier molecular flexibility index (Phi) is 6.51. The number of alkyl halides is 3. The van der Waals surface area contributed by atoms with Gasteiger partial charge < -0.3 is 10.1 Å². The monoisotopic (exact) mass is 393 g/mol. The highest BCUT2D eigenvalue weighted by molar-refractivity contribution is 5.96. The van der Waals surface area contributed by atoms with Crippen molar-refractivity contribution >= 4 is 5.91 Å². The van der Waals surface area contributed by atoms with Gasteiger partial charge in [0.25, 0.3) is 5.91 Å². The van der Waals surface area contributed by atoms with E-state index in [0.717, 1.165) is 32.5 Å². The topological polar surface area (TPSA) is 54.5 Å². The van der Waals surface area contributed by atoms with E-state index in [4.69, 9.17) is 4.74 Å². The lowest BCUT2D eigenvalue weighted by atomic mass is 10.0. The third-order valence-corrected chi connectivity index (χ3v) is 4.56. The highest BCUT2D eigenvalue weighted by Crippen LogP contribution is 2.21. The van der Waals surface area contributed by atoms with Crippen LogP contribution in [0.2, 0.25) is 0 Å². The first kappa shape index (κ1) is 20.1. The number of likely N-dealkylation sites (tertiary alicyclic amines) is 1. The third-order valence-electron chi connectivity index (χ3n) is 4.56. The molecule has 1 amide bonds. The number of ether oxygens (including phenoxy) is 1. The predicted octanol–water partition coefficient (Wildman–Crippen LogP) is 3.42. The smallest absolute Gasteiger partial charge is 0.422 e. The lowest BCUT2D eigenvalue weighted by molar-refractivity contribution is -0.154. The average molecular weight is 393 g/mol. The third kappa shape index (κ3) is 5.95. The molecule has 2 heterocycles. The number of hydrogen-bond donors (Lipinski definition) is 1. The molecule has 0 aliphatic carbocycles. The summed E-state index contributed by atoms with van der Waals surface area (Å²) in [5.41, 5.74) is 1.25. The number of nitrogens with zero attached hydrogens (tertiary/aromatic N) is 2. The second-order valence-electron chi connectivity index (χ2n) is 6.77. The van der Waals surface area contributed by atoms with Crippen LogP contribution in [0.1, 0.15) is 28.8 Å². The van der Waals surface area contributed by atoms with Crippen molar-refractivity contribution in [1.82, 2.24) is 15.2 Å². The van der Waals surface area contributed by atoms with E-state index in [1.54, 1.807) is 0 Å². The maximum absolute atomic E-state index is 12.5. The molecular formula is C20H22F3N3O2. The van der Waals surface area contributed by atoms with Crippen LogP contribution in [0.5, 0.6) is 5.88 Å². The molecule has 0 bridgehead atoms. The van der Waals surface area contributed by atoms with Crippen molar-refractivity contribution in [2.45, 2.75) is 31.6 Å². The summed E-state index contributed by atoms with van der Waals surface area (Å²) in [6.07, 6.45) is -1.64. The van der Waals surface area contributed by atoms with Crippen molar-refractivity contribution in [1.29, 1.82) is 0 Å². The Morgan fingerprint density at radius 2 is 1.86 bits per heavy atom. The van der Waals surface area contributed by atoms with Gasteiger partial charge in [-0.3, -0.25) is 9.69 Å². The summed E-state index contributed by atoms with van der Waals surface area (Å²) in [7, 11) is 0. The number of rotatable bonds is 6. The average Bonchev–Trinajstić information content (AvgIpc) is 2.68. The fourth-order valence-electron chi connectivity index (χ4n) is 3.17. The molecule has 0 radical (unpaired) electrons. The largest absolute Gasteiger partial charge is 0.467 e. The SMILES string of the molecule is O=C(NC1CCN(Cc2ccccc2)CC1)c1cccnc1OCC(F)(F)F. The van der Waals surface area contributed by atoms with Gasteiger partial charge in [-0.15, -0.1) is 0 Å². The summed E-state index contributed by atoms with van der Waals surface area (Å²) in [4.78, 5) is 18.6. The van der Waals surface area contributed by atoms with E-state index in [9.17, 15) is 18.0 Å². The Balaban J connectivity index is 1.52. The van der Waals surface area contributed by atoms with Gasteiger partial charge in [-0.05, 0) is 30.5 Å². The van der Waals surface area contributed by atoms with E-state index in [0.29, 0.717) is 0 Å². The van der Waals surface area contributed by atoms with Gasteiger partial charge in [-0.25, -0.2) is 4.98 Å². The molecule has 0 atom stereocenters. The fraction of sp³-hybridized carbons (Fsp3) is 0.400. The van der Waals surface area contributed by atoms with Crippen molar-refractivity contribution in [3.63, 3.8) is 0 Å². The number of pyridine rings is 1. The van der Waals surface area contributed by atoms with Gasteiger partial charge in [0.1, 0.15) is 5.56 Å². The molecule has 1 aromatic heterocycles. The molecule has 5 nitrogen and oxygen atoms in total. The lowest BCUT2D eigenvalue weighted by Crippen LogP contribution is -2.44. The summed E-state index contributed by atoms with van der Waals surface area (Å²) < 4.78 is 41.8. The first-order valence-corrected chi connectivity index (χ1v) is 9.12. The summed E-state index contributed by atoms with van der Waals surface area (Å²) in [6.45, 7) is 1.05. The number of carbonyl (C=O) groups excluding carboxylic acids is 1. The normalized spacial score (nSPS) is 16.0. The van der Waals surface area contributed by atoms with Crippen molar-refractivity contribution in [3.8, 4) is 5.88 Å². The molecule has 2 aromatic rings. The van der Waals surface area contributed by atoms with Crippen LogP contribution < -0.4 is 10.1 Å². The van der Waals surface area contributed by atoms with E-state index < -0.39 is 18.7 Å². The summed E-state index contributed by atoms with van der Waals surface area (Å²) in [5.74, 6) is -0.773. The minimum atomic E-state index is -4.49. The molecule has 28 heavy (non-hydrogen) atoms. The zero-order valence-corrected chi connectivity index (χ0v) is 15.3. The highest BCUT2D eigenvalue weighted by atomic mass is 19.4. The van der Waals surface area contributed by atoms with Crippen molar-refractivity contribution in [3.05, 3.63) is 59.8 Å². The van der Waals surface area contributed by atoms with Gasteiger partial charge in [0, 0.05) is 31.9 Å². The standard InChI is InChI=1S/C20H22F3N3O2/c21-20(22,23)14-28-19-17(7-4-10-24-19)18(27)25-16-8-11-26(12-9-16)13-15-5-2-1-3-6-15/h1-7,10,16H,8-9,11-14H2,(H,25,27). The Labute approximate surface area is 161 Å². The van der Waals surface area contributed by atoms with Gasteiger partial charge in [0.2, 0.25) is 5.88 Å². The fourth-order valence-corrected chi connectivity index (χ4v) is 3.17. The van der Waals surface area contributed by atoms with Gasteiger partial charge in [-0.2, -0.15) is 13.2 Å². The molecular weight excluding hydrogens is 371 g/mol. The zero-order chi connectivity index (χ0) is 20.0. The number of hydrogen-bond acceptors (Lipinski definition) is 4. The van der Waals surface area contributed by atoms with E-state index in [1.807, 2.05) is 18.2 Å². The van der Waals surface area contributed by atoms with Crippen molar-refractivity contribution < 1.29 is 22.7 Å². The molecule has 0 saturated carbocycles. The number of aromatic nitrogens is 1. The Morgan fingerprint density at radius 1 is 1.14 bits per heavy atom. The molecule has 1 N–H and O–H groups in total. The first-order chi connectivity index (χ1) is 13.4. The predicted molar refractivity (Wildman–Crippen MR) is 98.0 cm³/mol. The van der Waals surface area contributed by atoms with E-state index >= 15 is 0 Å². The molecule has 0 spiro atoms. The number of benzene rings is 1. The van der Waals surface area contributed by atoms with Crippen LogP contribution in [-0.2, 0) is 6.54 Å². The zero-order valence-electron chi connectivity index (χ0n) is 15.3. The van der Waals surface area contributed by atoms with Crippen molar-refractivity contribution in [2.24, 2.45) is 0 Å². The van der Waals surface area contributed by atoms with Crippen LogP contribution in [0.4, 0.5) is 13.2 Å². The molecule has 1 fully saturated rings. The second-order valence-corrected chi connectivity index (χ2v) is 6.77. The molecule has 8 heteroatoms. The van der Waals surface area contributed by atoms with Crippen molar-refractivity contribution in [2.75, 3.05) is 19.7 Å². The molecule has 1 aliphatic rings. The number of piperidine rings is 1. The maximum atomic E-state index is 12.5. The minimum absolute atomic E-state index is 0.0125.